The molecule has 3 heterocycles. The third kappa shape index (κ3) is 4.23. The normalized spacial score (nSPS) is 25.3. The van der Waals surface area contributed by atoms with Crippen LogP contribution in [0.5, 0.6) is 0 Å². The second kappa shape index (κ2) is 8.32. The van der Waals surface area contributed by atoms with Crippen LogP contribution in [0.1, 0.15) is 51.3 Å². The van der Waals surface area contributed by atoms with Gasteiger partial charge in [-0.2, -0.15) is 5.10 Å². The Morgan fingerprint density at radius 2 is 2.20 bits per heavy atom. The SMILES string of the molecule is COCCN1C(=O)CCC[C@H]2CN(Cc3ccnn3C(C)C)CC[C@H]21. The third-order valence-corrected chi connectivity index (χ3v) is 5.63. The molecule has 25 heavy (non-hydrogen) atoms. The Balaban J connectivity index is 1.66. The van der Waals surface area contributed by atoms with Crippen molar-refractivity contribution in [2.45, 2.75) is 58.2 Å². The Hall–Kier alpha value is -1.40. The summed E-state index contributed by atoms with van der Waals surface area (Å²) in [7, 11) is 1.71. The maximum atomic E-state index is 12.5. The first kappa shape index (κ1) is 18.4. The van der Waals surface area contributed by atoms with Crippen LogP contribution in [0.15, 0.2) is 12.3 Å². The molecule has 6 nitrogen and oxygen atoms in total. The van der Waals surface area contributed by atoms with Crippen LogP contribution in [0, 0.1) is 5.92 Å². The van der Waals surface area contributed by atoms with Crippen molar-refractivity contribution in [3.8, 4) is 0 Å². The fourth-order valence-electron chi connectivity index (χ4n) is 4.42. The van der Waals surface area contributed by atoms with Crippen LogP contribution < -0.4 is 0 Å². The molecule has 2 aliphatic heterocycles. The number of hydrogen-bond acceptors (Lipinski definition) is 4. The van der Waals surface area contributed by atoms with Gasteiger partial charge in [-0.1, -0.05) is 0 Å². The van der Waals surface area contributed by atoms with Crippen LogP contribution >= 0.6 is 0 Å². The van der Waals surface area contributed by atoms with Gasteiger partial charge in [0.05, 0.1) is 12.3 Å². The van der Waals surface area contributed by atoms with E-state index >= 15 is 0 Å². The van der Waals surface area contributed by atoms with Crippen molar-refractivity contribution in [1.82, 2.24) is 19.6 Å². The number of ether oxygens (including phenoxy) is 1. The highest BCUT2D eigenvalue weighted by atomic mass is 16.5. The molecule has 0 radical (unpaired) electrons. The Kier molecular flexibility index (Phi) is 6.12. The van der Waals surface area contributed by atoms with Gasteiger partial charge in [-0.3, -0.25) is 14.4 Å². The second-order valence-electron chi connectivity index (χ2n) is 7.68. The number of methoxy groups -OCH3 is 1. The zero-order valence-electron chi connectivity index (χ0n) is 15.9. The highest BCUT2D eigenvalue weighted by molar-refractivity contribution is 5.76. The van der Waals surface area contributed by atoms with Gasteiger partial charge in [0.25, 0.3) is 0 Å². The Bertz CT molecular complexity index is 572. The van der Waals surface area contributed by atoms with Crippen LogP contribution in [0.25, 0.3) is 0 Å². The van der Waals surface area contributed by atoms with Crippen molar-refractivity contribution in [3.63, 3.8) is 0 Å². The minimum absolute atomic E-state index is 0.316. The predicted octanol–water partition coefficient (Wildman–Crippen LogP) is 2.31. The lowest BCUT2D eigenvalue weighted by molar-refractivity contribution is -0.135. The van der Waals surface area contributed by atoms with Crippen molar-refractivity contribution in [3.05, 3.63) is 18.0 Å². The molecule has 140 valence electrons. The number of carbonyl (C=O) groups is 1. The summed E-state index contributed by atoms with van der Waals surface area (Å²) in [6, 6.07) is 2.91. The van der Waals surface area contributed by atoms with E-state index < -0.39 is 0 Å². The maximum Gasteiger partial charge on any atom is 0.222 e. The van der Waals surface area contributed by atoms with Crippen LogP contribution in [-0.2, 0) is 16.1 Å². The summed E-state index contributed by atoms with van der Waals surface area (Å²) in [4.78, 5) is 17.1. The average molecular weight is 348 g/mol. The van der Waals surface area contributed by atoms with Crippen molar-refractivity contribution in [2.24, 2.45) is 5.92 Å². The monoisotopic (exact) mass is 348 g/mol. The van der Waals surface area contributed by atoms with Gasteiger partial charge < -0.3 is 9.64 Å². The smallest absolute Gasteiger partial charge is 0.222 e. The highest BCUT2D eigenvalue weighted by Crippen LogP contribution is 2.31. The lowest BCUT2D eigenvalue weighted by Crippen LogP contribution is -2.52. The minimum Gasteiger partial charge on any atom is -0.383 e. The van der Waals surface area contributed by atoms with Crippen LogP contribution in [-0.4, -0.2) is 64.9 Å². The molecule has 0 aromatic carbocycles. The van der Waals surface area contributed by atoms with E-state index in [1.807, 2.05) is 6.20 Å². The average Bonchev–Trinajstić information content (AvgIpc) is 2.98. The fraction of sp³-hybridized carbons (Fsp3) is 0.789. The molecule has 0 aliphatic carbocycles. The second-order valence-corrected chi connectivity index (χ2v) is 7.68. The van der Waals surface area contributed by atoms with Gasteiger partial charge in [-0.05, 0) is 45.1 Å². The van der Waals surface area contributed by atoms with Gasteiger partial charge in [-0.15, -0.1) is 0 Å². The largest absolute Gasteiger partial charge is 0.383 e. The van der Waals surface area contributed by atoms with Crippen molar-refractivity contribution in [2.75, 3.05) is 33.4 Å². The molecule has 0 bridgehead atoms. The third-order valence-electron chi connectivity index (χ3n) is 5.63. The summed E-state index contributed by atoms with van der Waals surface area (Å²) in [5.41, 5.74) is 1.29. The molecule has 2 atom stereocenters. The molecular formula is C19H32N4O2. The number of rotatable bonds is 6. The van der Waals surface area contributed by atoms with Gasteiger partial charge in [-0.25, -0.2) is 0 Å². The van der Waals surface area contributed by atoms with E-state index in [0.29, 0.717) is 36.9 Å². The minimum atomic E-state index is 0.316. The summed E-state index contributed by atoms with van der Waals surface area (Å²) >= 11 is 0. The number of likely N-dealkylation sites (tertiary alicyclic amines) is 2. The first-order valence-electron chi connectivity index (χ1n) is 9.63. The van der Waals surface area contributed by atoms with E-state index in [1.54, 1.807) is 7.11 Å². The molecular weight excluding hydrogens is 316 g/mol. The number of nitrogens with zero attached hydrogens (tertiary/aromatic N) is 4. The number of carbonyl (C=O) groups excluding carboxylic acids is 1. The molecule has 2 fully saturated rings. The topological polar surface area (TPSA) is 50.6 Å². The van der Waals surface area contributed by atoms with E-state index in [-0.39, 0.29) is 0 Å². The quantitative estimate of drug-likeness (QED) is 0.792. The Morgan fingerprint density at radius 1 is 1.36 bits per heavy atom. The number of piperidine rings is 1. The van der Waals surface area contributed by atoms with E-state index in [1.165, 1.54) is 5.69 Å². The first-order chi connectivity index (χ1) is 12.1. The molecule has 1 aromatic heterocycles. The Labute approximate surface area is 151 Å². The molecule has 3 rings (SSSR count). The summed E-state index contributed by atoms with van der Waals surface area (Å²) in [6.07, 6.45) is 5.83. The lowest BCUT2D eigenvalue weighted by Gasteiger charge is -2.42. The van der Waals surface area contributed by atoms with Gasteiger partial charge in [0.15, 0.2) is 0 Å². The van der Waals surface area contributed by atoms with E-state index in [9.17, 15) is 4.79 Å². The molecule has 0 saturated carbocycles. The molecule has 6 heteroatoms. The molecule has 0 unspecified atom stereocenters. The van der Waals surface area contributed by atoms with E-state index in [0.717, 1.165) is 45.4 Å². The lowest BCUT2D eigenvalue weighted by atomic mass is 9.88. The van der Waals surface area contributed by atoms with Crippen molar-refractivity contribution in [1.29, 1.82) is 0 Å². The molecule has 0 N–H and O–H groups in total. The standard InChI is InChI=1S/C19H32N4O2/c1-15(2)23-17(7-9-20-23)14-21-10-8-18-16(13-21)5-4-6-19(24)22(18)11-12-25-3/h7,9,15-16,18H,4-6,8,10-14H2,1-3H3/t16-,18+/m0/s1. The van der Waals surface area contributed by atoms with Crippen molar-refractivity contribution >= 4 is 5.91 Å². The van der Waals surface area contributed by atoms with Crippen LogP contribution in [0.3, 0.4) is 0 Å². The van der Waals surface area contributed by atoms with Crippen LogP contribution in [0.2, 0.25) is 0 Å². The summed E-state index contributed by atoms with van der Waals surface area (Å²) in [6.45, 7) is 8.78. The number of aromatic nitrogens is 2. The predicted molar refractivity (Wildman–Crippen MR) is 97.2 cm³/mol. The summed E-state index contributed by atoms with van der Waals surface area (Å²) in [5.74, 6) is 0.892. The van der Waals surface area contributed by atoms with E-state index in [2.05, 4.69) is 39.5 Å². The van der Waals surface area contributed by atoms with Gasteiger partial charge >= 0.3 is 0 Å². The summed E-state index contributed by atoms with van der Waals surface area (Å²) < 4.78 is 7.34. The molecule has 1 amide bonds. The van der Waals surface area contributed by atoms with Crippen molar-refractivity contribution < 1.29 is 9.53 Å². The van der Waals surface area contributed by atoms with Gasteiger partial charge in [0.1, 0.15) is 0 Å². The van der Waals surface area contributed by atoms with Gasteiger partial charge in [0.2, 0.25) is 5.91 Å². The van der Waals surface area contributed by atoms with E-state index in [4.69, 9.17) is 4.74 Å². The Morgan fingerprint density at radius 3 is 2.96 bits per heavy atom. The van der Waals surface area contributed by atoms with Crippen LogP contribution in [0.4, 0.5) is 0 Å². The molecule has 2 aliphatic rings. The maximum absolute atomic E-state index is 12.5. The molecule has 0 spiro atoms. The first-order valence-corrected chi connectivity index (χ1v) is 9.63. The molecule has 2 saturated heterocycles. The number of fused-ring (bicyclic) bond motifs is 1. The summed E-state index contributed by atoms with van der Waals surface area (Å²) in [5, 5.41) is 4.46. The van der Waals surface area contributed by atoms with Gasteiger partial charge in [0, 0.05) is 58.0 Å². The zero-order valence-corrected chi connectivity index (χ0v) is 15.9. The fourth-order valence-corrected chi connectivity index (χ4v) is 4.42. The molecule has 1 aromatic rings. The zero-order chi connectivity index (χ0) is 17.8. The number of amides is 1. The highest BCUT2D eigenvalue weighted by Gasteiger charge is 2.37. The number of hydrogen-bond donors (Lipinski definition) is 0.